The first-order valence-corrected chi connectivity index (χ1v) is 7.66. The van der Waals surface area contributed by atoms with E-state index in [1.54, 1.807) is 12.1 Å². The lowest BCUT2D eigenvalue weighted by Crippen LogP contribution is -2.55. The summed E-state index contributed by atoms with van der Waals surface area (Å²) in [4.78, 5) is 24.0. The molecule has 1 aliphatic carbocycles. The van der Waals surface area contributed by atoms with Gasteiger partial charge in [0.25, 0.3) is 0 Å². The van der Waals surface area contributed by atoms with Gasteiger partial charge in [0.1, 0.15) is 0 Å². The average molecular weight is 297 g/mol. The van der Waals surface area contributed by atoms with Gasteiger partial charge in [0.05, 0.1) is 17.0 Å². The van der Waals surface area contributed by atoms with Crippen molar-refractivity contribution in [2.24, 2.45) is 0 Å². The van der Waals surface area contributed by atoms with E-state index in [0.29, 0.717) is 18.4 Å². The van der Waals surface area contributed by atoms with Gasteiger partial charge in [0, 0.05) is 18.5 Å². The third-order valence-corrected chi connectivity index (χ3v) is 4.74. The monoisotopic (exact) mass is 297 g/mol. The number of hydrogen-bond donors (Lipinski definition) is 2. The Bertz CT molecular complexity index is 641. The Labute approximate surface area is 129 Å². The van der Waals surface area contributed by atoms with Crippen LogP contribution in [-0.4, -0.2) is 23.9 Å². The number of benzene rings is 1. The molecular weight excluding hydrogens is 278 g/mol. The molecule has 22 heavy (non-hydrogen) atoms. The van der Waals surface area contributed by atoms with Gasteiger partial charge in [-0.25, -0.2) is 0 Å². The molecule has 1 aromatic rings. The normalized spacial score (nSPS) is 25.7. The molecule has 0 radical (unpaired) electrons. The Morgan fingerprint density at radius 1 is 1.36 bits per heavy atom. The minimum Gasteiger partial charge on any atom is -0.352 e. The first-order valence-electron chi connectivity index (χ1n) is 7.66. The number of carbonyl (C=O) groups is 2. The molecule has 1 aromatic carbocycles. The van der Waals surface area contributed by atoms with Crippen LogP contribution in [0, 0.1) is 11.3 Å². The predicted octanol–water partition coefficient (Wildman–Crippen LogP) is 1.37. The van der Waals surface area contributed by atoms with Crippen LogP contribution in [0.1, 0.15) is 43.7 Å². The smallest absolute Gasteiger partial charge is 0.230 e. The average Bonchev–Trinajstić information content (AvgIpc) is 3.32. The number of nitrogens with zero attached hydrogens (tertiary/aromatic N) is 1. The zero-order chi connectivity index (χ0) is 15.7. The summed E-state index contributed by atoms with van der Waals surface area (Å²) < 4.78 is 0. The van der Waals surface area contributed by atoms with E-state index in [1.807, 2.05) is 19.1 Å². The Kier molecular flexibility index (Phi) is 3.61. The van der Waals surface area contributed by atoms with E-state index < -0.39 is 5.41 Å². The van der Waals surface area contributed by atoms with Crippen LogP contribution in [-0.2, 0) is 15.0 Å². The maximum absolute atomic E-state index is 12.7. The Morgan fingerprint density at radius 3 is 2.59 bits per heavy atom. The zero-order valence-corrected chi connectivity index (χ0v) is 12.6. The van der Waals surface area contributed by atoms with E-state index in [1.165, 1.54) is 0 Å². The van der Waals surface area contributed by atoms with Crippen LogP contribution >= 0.6 is 0 Å². The molecule has 0 aromatic heterocycles. The van der Waals surface area contributed by atoms with E-state index in [2.05, 4.69) is 16.7 Å². The van der Waals surface area contributed by atoms with Crippen LogP contribution in [0.25, 0.3) is 0 Å². The summed E-state index contributed by atoms with van der Waals surface area (Å²) in [6.45, 7) is 1.92. The highest BCUT2D eigenvalue weighted by Crippen LogP contribution is 2.48. The molecule has 114 valence electrons. The van der Waals surface area contributed by atoms with Crippen molar-refractivity contribution in [2.75, 3.05) is 0 Å². The molecule has 5 heteroatoms. The molecule has 2 fully saturated rings. The van der Waals surface area contributed by atoms with Gasteiger partial charge in [-0.2, -0.15) is 5.26 Å². The van der Waals surface area contributed by atoms with Crippen LogP contribution in [0.2, 0.25) is 0 Å². The number of carbonyl (C=O) groups excluding carboxylic acids is 2. The van der Waals surface area contributed by atoms with Crippen molar-refractivity contribution < 1.29 is 9.59 Å². The summed E-state index contributed by atoms with van der Waals surface area (Å²) in [7, 11) is 0. The van der Waals surface area contributed by atoms with Gasteiger partial charge in [0.15, 0.2) is 0 Å². The van der Waals surface area contributed by atoms with Gasteiger partial charge in [-0.1, -0.05) is 12.1 Å². The van der Waals surface area contributed by atoms with Gasteiger partial charge in [-0.15, -0.1) is 0 Å². The van der Waals surface area contributed by atoms with E-state index in [9.17, 15) is 9.59 Å². The molecule has 1 aliphatic heterocycles. The van der Waals surface area contributed by atoms with Gasteiger partial charge < -0.3 is 10.6 Å². The van der Waals surface area contributed by atoms with Gasteiger partial charge >= 0.3 is 0 Å². The fourth-order valence-electron chi connectivity index (χ4n) is 3.10. The Morgan fingerprint density at radius 2 is 2.05 bits per heavy atom. The molecular formula is C17H19N3O2. The minimum atomic E-state index is -0.449. The van der Waals surface area contributed by atoms with E-state index in [0.717, 1.165) is 18.4 Å². The van der Waals surface area contributed by atoms with Crippen molar-refractivity contribution in [3.63, 3.8) is 0 Å². The summed E-state index contributed by atoms with van der Waals surface area (Å²) >= 11 is 0. The van der Waals surface area contributed by atoms with E-state index >= 15 is 0 Å². The number of rotatable bonds is 3. The van der Waals surface area contributed by atoms with Gasteiger partial charge in [-0.3, -0.25) is 9.59 Å². The van der Waals surface area contributed by atoms with E-state index in [4.69, 9.17) is 5.26 Å². The molecule has 2 N–H and O–H groups in total. The molecule has 1 saturated carbocycles. The SMILES string of the molecule is CC1NC(=O)CCC1NC(=O)C1(c2ccc(C#N)cc2)CC1. The van der Waals surface area contributed by atoms with Crippen LogP contribution in [0.5, 0.6) is 0 Å². The van der Waals surface area contributed by atoms with Gasteiger partial charge in [-0.05, 0) is 43.9 Å². The zero-order valence-electron chi connectivity index (χ0n) is 12.6. The maximum Gasteiger partial charge on any atom is 0.230 e. The van der Waals surface area contributed by atoms with Crippen molar-refractivity contribution >= 4 is 11.8 Å². The highest BCUT2D eigenvalue weighted by atomic mass is 16.2. The van der Waals surface area contributed by atoms with Crippen LogP contribution in [0.15, 0.2) is 24.3 Å². The molecule has 0 spiro atoms. The second-order valence-electron chi connectivity index (χ2n) is 6.25. The van der Waals surface area contributed by atoms with Crippen molar-refractivity contribution in [1.29, 1.82) is 5.26 Å². The lowest BCUT2D eigenvalue weighted by Gasteiger charge is -2.31. The Hall–Kier alpha value is -2.35. The number of hydrogen-bond acceptors (Lipinski definition) is 3. The third-order valence-electron chi connectivity index (χ3n) is 4.74. The topological polar surface area (TPSA) is 82.0 Å². The van der Waals surface area contributed by atoms with Crippen LogP contribution in [0.3, 0.4) is 0 Å². The molecule has 2 unspecified atom stereocenters. The number of amides is 2. The van der Waals surface area contributed by atoms with Crippen molar-refractivity contribution in [1.82, 2.24) is 10.6 Å². The first-order chi connectivity index (χ1) is 10.5. The molecule has 3 rings (SSSR count). The predicted molar refractivity (Wildman–Crippen MR) is 80.8 cm³/mol. The summed E-state index contributed by atoms with van der Waals surface area (Å²) in [5.74, 6) is 0.0800. The largest absolute Gasteiger partial charge is 0.352 e. The van der Waals surface area contributed by atoms with Crippen LogP contribution < -0.4 is 10.6 Å². The molecule has 1 saturated heterocycles. The minimum absolute atomic E-state index is 0.0129. The lowest BCUT2D eigenvalue weighted by atomic mass is 9.92. The summed E-state index contributed by atoms with van der Waals surface area (Å²) in [6, 6.07) is 9.29. The number of nitrogens with one attached hydrogen (secondary N) is 2. The quantitative estimate of drug-likeness (QED) is 0.884. The van der Waals surface area contributed by atoms with Gasteiger partial charge in [0.2, 0.25) is 11.8 Å². The highest BCUT2D eigenvalue weighted by molar-refractivity contribution is 5.91. The second kappa shape index (κ2) is 5.45. The summed E-state index contributed by atoms with van der Waals surface area (Å²) in [5, 5.41) is 14.8. The lowest BCUT2D eigenvalue weighted by molar-refractivity contribution is -0.128. The van der Waals surface area contributed by atoms with E-state index in [-0.39, 0.29) is 23.9 Å². The molecule has 2 amide bonds. The third kappa shape index (κ3) is 2.57. The number of nitriles is 1. The van der Waals surface area contributed by atoms with Crippen molar-refractivity contribution in [3.05, 3.63) is 35.4 Å². The molecule has 0 bridgehead atoms. The summed E-state index contributed by atoms with van der Waals surface area (Å²) in [6.07, 6.45) is 2.80. The fraction of sp³-hybridized carbons (Fsp3) is 0.471. The van der Waals surface area contributed by atoms with Crippen molar-refractivity contribution in [3.8, 4) is 6.07 Å². The fourth-order valence-corrected chi connectivity index (χ4v) is 3.10. The standard InChI is InChI=1S/C17H19N3O2/c1-11-14(6-7-15(21)19-11)20-16(22)17(8-9-17)13-4-2-12(10-18)3-5-13/h2-5,11,14H,6-9H2,1H3,(H,19,21)(H,20,22). The molecule has 2 aliphatic rings. The molecule has 2 atom stereocenters. The summed E-state index contributed by atoms with van der Waals surface area (Å²) in [5.41, 5.74) is 1.12. The maximum atomic E-state index is 12.7. The number of piperidine rings is 1. The Balaban J connectivity index is 1.71. The highest BCUT2D eigenvalue weighted by Gasteiger charge is 2.51. The van der Waals surface area contributed by atoms with Crippen molar-refractivity contribution in [2.45, 2.75) is 50.1 Å². The molecule has 5 nitrogen and oxygen atoms in total. The second-order valence-corrected chi connectivity index (χ2v) is 6.25. The molecule has 1 heterocycles. The first kappa shape index (κ1) is 14.6. The van der Waals surface area contributed by atoms with Crippen LogP contribution in [0.4, 0.5) is 0 Å².